The van der Waals surface area contributed by atoms with Gasteiger partial charge >= 0.3 is 0 Å². The van der Waals surface area contributed by atoms with Crippen LogP contribution in [0, 0.1) is 0 Å². The number of nitrogens with zero attached hydrogens (tertiary/aromatic N) is 4. The van der Waals surface area contributed by atoms with Gasteiger partial charge in [-0.1, -0.05) is 6.07 Å². The van der Waals surface area contributed by atoms with Crippen molar-refractivity contribution < 1.29 is 14.3 Å². The smallest absolute Gasteiger partial charge is 0.258 e. The Hall–Kier alpha value is -3.94. The van der Waals surface area contributed by atoms with Crippen LogP contribution < -0.4 is 15.0 Å². The number of aliphatic imine (C=N–C) groups is 2. The molecule has 2 amide bonds. The van der Waals surface area contributed by atoms with E-state index in [0.717, 1.165) is 30.1 Å². The van der Waals surface area contributed by atoms with Crippen LogP contribution in [0.1, 0.15) is 41.0 Å². The maximum absolute atomic E-state index is 13.0. The number of amides is 2. The number of hydrogen-bond donors (Lipinski definition) is 1. The molecule has 0 bridgehead atoms. The second kappa shape index (κ2) is 10.3. The highest BCUT2D eigenvalue weighted by atomic mass is 16.5. The molecule has 2 heterocycles. The standard InChI is InChI=1S/C26H29N5O3/c1-4-30(5-2)21-11-9-18(10-12-21)25(33)31-14-13-23-20(17-31)16-27-26(28-23)29-24(32)19-7-6-8-22(15-19)34-3/h6-12,15,17H,4-5,13-14,16H2,1-3H3,(H,27,29,32). The summed E-state index contributed by atoms with van der Waals surface area (Å²) in [5, 5.41) is 2.76. The summed E-state index contributed by atoms with van der Waals surface area (Å²) in [4.78, 5) is 38.5. The lowest BCUT2D eigenvalue weighted by Crippen LogP contribution is -2.37. The fraction of sp³-hybridized carbons (Fsp3) is 0.308. The molecule has 0 unspecified atom stereocenters. The second-order valence-electron chi connectivity index (χ2n) is 8.01. The lowest BCUT2D eigenvalue weighted by atomic mass is 10.0. The monoisotopic (exact) mass is 459 g/mol. The van der Waals surface area contributed by atoms with Gasteiger partial charge in [-0.25, -0.2) is 9.98 Å². The first kappa shape index (κ1) is 23.2. The van der Waals surface area contributed by atoms with Gasteiger partial charge in [0.05, 0.1) is 19.4 Å². The van der Waals surface area contributed by atoms with Crippen molar-refractivity contribution in [2.24, 2.45) is 9.98 Å². The highest BCUT2D eigenvalue weighted by Gasteiger charge is 2.25. The van der Waals surface area contributed by atoms with Gasteiger partial charge in [0, 0.05) is 54.6 Å². The molecule has 1 N–H and O–H groups in total. The van der Waals surface area contributed by atoms with E-state index in [1.165, 1.54) is 0 Å². The Kier molecular flexibility index (Phi) is 7.06. The number of rotatable bonds is 6. The molecular weight excluding hydrogens is 430 g/mol. The molecule has 0 saturated carbocycles. The summed E-state index contributed by atoms with van der Waals surface area (Å²) < 4.78 is 5.17. The zero-order valence-electron chi connectivity index (χ0n) is 19.7. The molecule has 2 aromatic rings. The molecule has 176 valence electrons. The lowest BCUT2D eigenvalue weighted by molar-refractivity contribution is 0.0822. The Morgan fingerprint density at radius 2 is 1.85 bits per heavy atom. The van der Waals surface area contributed by atoms with Crippen LogP contribution in [0.5, 0.6) is 5.75 Å². The first-order valence-electron chi connectivity index (χ1n) is 11.5. The minimum Gasteiger partial charge on any atom is -0.497 e. The predicted octanol–water partition coefficient (Wildman–Crippen LogP) is 3.51. The summed E-state index contributed by atoms with van der Waals surface area (Å²) in [6.07, 6.45) is 2.43. The Labute approximate surface area is 199 Å². The first-order chi connectivity index (χ1) is 16.5. The highest BCUT2D eigenvalue weighted by Crippen LogP contribution is 2.21. The van der Waals surface area contributed by atoms with Crippen molar-refractivity contribution in [2.45, 2.75) is 20.3 Å². The van der Waals surface area contributed by atoms with Gasteiger partial charge < -0.3 is 14.5 Å². The number of anilines is 1. The first-order valence-corrected chi connectivity index (χ1v) is 11.5. The quantitative estimate of drug-likeness (QED) is 0.716. The minimum absolute atomic E-state index is 0.0428. The van der Waals surface area contributed by atoms with Crippen LogP contribution in [-0.2, 0) is 0 Å². The van der Waals surface area contributed by atoms with Crippen LogP contribution in [0.3, 0.4) is 0 Å². The lowest BCUT2D eigenvalue weighted by Gasteiger charge is -2.28. The zero-order valence-corrected chi connectivity index (χ0v) is 19.7. The van der Waals surface area contributed by atoms with Crippen molar-refractivity contribution >= 4 is 29.2 Å². The van der Waals surface area contributed by atoms with Crippen LogP contribution in [-0.4, -0.2) is 61.7 Å². The average Bonchev–Trinajstić information content (AvgIpc) is 2.89. The minimum atomic E-state index is -0.296. The van der Waals surface area contributed by atoms with E-state index >= 15 is 0 Å². The fourth-order valence-corrected chi connectivity index (χ4v) is 4.03. The third-order valence-electron chi connectivity index (χ3n) is 5.97. The number of guanidine groups is 1. The Balaban J connectivity index is 1.42. The maximum Gasteiger partial charge on any atom is 0.258 e. The van der Waals surface area contributed by atoms with E-state index in [2.05, 4.69) is 34.0 Å². The van der Waals surface area contributed by atoms with Crippen molar-refractivity contribution in [2.75, 3.05) is 38.2 Å². The molecule has 2 aliphatic rings. The summed E-state index contributed by atoms with van der Waals surface area (Å²) >= 11 is 0. The molecule has 2 aliphatic heterocycles. The van der Waals surface area contributed by atoms with Crippen molar-refractivity contribution in [3.8, 4) is 5.75 Å². The van der Waals surface area contributed by atoms with E-state index in [4.69, 9.17) is 4.74 Å². The van der Waals surface area contributed by atoms with Crippen molar-refractivity contribution in [1.82, 2.24) is 10.2 Å². The van der Waals surface area contributed by atoms with E-state index in [1.54, 1.807) is 36.3 Å². The Bertz CT molecular complexity index is 1160. The van der Waals surface area contributed by atoms with Crippen LogP contribution in [0.2, 0.25) is 0 Å². The summed E-state index contributed by atoms with van der Waals surface area (Å²) in [7, 11) is 1.56. The number of carbonyl (C=O) groups excluding carboxylic acids is 2. The van der Waals surface area contributed by atoms with E-state index in [0.29, 0.717) is 36.4 Å². The molecule has 8 heteroatoms. The molecule has 2 aromatic carbocycles. The van der Waals surface area contributed by atoms with Gasteiger partial charge in [0.15, 0.2) is 0 Å². The Morgan fingerprint density at radius 3 is 2.56 bits per heavy atom. The van der Waals surface area contributed by atoms with E-state index in [1.807, 2.05) is 30.5 Å². The van der Waals surface area contributed by atoms with E-state index in [9.17, 15) is 9.59 Å². The third-order valence-corrected chi connectivity index (χ3v) is 5.97. The molecule has 4 rings (SSSR count). The molecule has 0 atom stereocenters. The number of nitrogens with one attached hydrogen (secondary N) is 1. The number of methoxy groups -OCH3 is 1. The second-order valence-corrected chi connectivity index (χ2v) is 8.01. The number of hydrogen-bond acceptors (Lipinski definition) is 6. The molecule has 0 radical (unpaired) electrons. The maximum atomic E-state index is 13.0. The number of fused-ring (bicyclic) bond motifs is 1. The van der Waals surface area contributed by atoms with E-state index in [-0.39, 0.29) is 17.8 Å². The number of ether oxygens (including phenoxy) is 1. The molecule has 0 spiro atoms. The van der Waals surface area contributed by atoms with Gasteiger partial charge in [-0.3, -0.25) is 14.9 Å². The summed E-state index contributed by atoms with van der Waals surface area (Å²) in [5.74, 6) is 0.551. The van der Waals surface area contributed by atoms with Crippen LogP contribution in [0.15, 0.2) is 70.3 Å². The van der Waals surface area contributed by atoms with Gasteiger partial charge in [0.25, 0.3) is 11.8 Å². The highest BCUT2D eigenvalue weighted by molar-refractivity contribution is 6.14. The zero-order chi connectivity index (χ0) is 24.1. The van der Waals surface area contributed by atoms with E-state index < -0.39 is 0 Å². The summed E-state index contributed by atoms with van der Waals surface area (Å²) in [6.45, 7) is 6.96. The van der Waals surface area contributed by atoms with Crippen LogP contribution >= 0.6 is 0 Å². The molecular formula is C26H29N5O3. The predicted molar refractivity (Wildman–Crippen MR) is 134 cm³/mol. The summed E-state index contributed by atoms with van der Waals surface area (Å²) in [6, 6.07) is 14.6. The van der Waals surface area contributed by atoms with Crippen LogP contribution in [0.4, 0.5) is 5.69 Å². The van der Waals surface area contributed by atoms with Gasteiger partial charge in [0.1, 0.15) is 5.75 Å². The molecule has 34 heavy (non-hydrogen) atoms. The van der Waals surface area contributed by atoms with Gasteiger partial charge in [-0.2, -0.15) is 0 Å². The largest absolute Gasteiger partial charge is 0.497 e. The molecule has 0 aromatic heterocycles. The topological polar surface area (TPSA) is 86.6 Å². The normalized spacial score (nSPS) is 14.9. The SMILES string of the molecule is CCN(CC)c1ccc(C(=O)N2C=C3CN=C(NC(=O)c4cccc(OC)c4)N=C3CC2)cc1. The molecule has 8 nitrogen and oxygen atoms in total. The number of benzene rings is 2. The van der Waals surface area contributed by atoms with Gasteiger partial charge in [0.2, 0.25) is 5.96 Å². The fourth-order valence-electron chi connectivity index (χ4n) is 4.03. The van der Waals surface area contributed by atoms with Crippen molar-refractivity contribution in [3.63, 3.8) is 0 Å². The summed E-state index contributed by atoms with van der Waals surface area (Å²) in [5.41, 5.74) is 3.96. The van der Waals surface area contributed by atoms with Gasteiger partial charge in [-0.15, -0.1) is 0 Å². The number of carbonyl (C=O) groups is 2. The Morgan fingerprint density at radius 1 is 1.09 bits per heavy atom. The van der Waals surface area contributed by atoms with Gasteiger partial charge in [-0.05, 0) is 56.3 Å². The average molecular weight is 460 g/mol. The molecule has 0 saturated heterocycles. The molecule has 0 fully saturated rings. The van der Waals surface area contributed by atoms with Crippen molar-refractivity contribution in [3.05, 3.63) is 71.4 Å². The van der Waals surface area contributed by atoms with Crippen molar-refractivity contribution in [1.29, 1.82) is 0 Å². The molecule has 0 aliphatic carbocycles. The van der Waals surface area contributed by atoms with Crippen LogP contribution in [0.25, 0.3) is 0 Å². The third kappa shape index (κ3) is 5.01.